The third kappa shape index (κ3) is 3.14. The van der Waals surface area contributed by atoms with Gasteiger partial charge in [0.05, 0.1) is 5.52 Å². The molecule has 0 saturated carbocycles. The van der Waals surface area contributed by atoms with Crippen LogP contribution in [0.2, 0.25) is 0 Å². The normalized spacial score (nSPS) is 16.9. The number of benzene rings is 1. The van der Waals surface area contributed by atoms with Crippen LogP contribution in [0.4, 0.5) is 0 Å². The molecule has 3 rings (SSSR count). The summed E-state index contributed by atoms with van der Waals surface area (Å²) in [5.41, 5.74) is 2.37. The Bertz CT molecular complexity index is 564. The fourth-order valence-corrected chi connectivity index (χ4v) is 3.01. The van der Waals surface area contributed by atoms with Crippen LogP contribution in [0.25, 0.3) is 10.9 Å². The highest BCUT2D eigenvalue weighted by atomic mass is 79.9. The minimum Gasteiger partial charge on any atom is -0.314 e. The van der Waals surface area contributed by atoms with Crippen molar-refractivity contribution >= 4 is 26.8 Å². The molecule has 0 aliphatic carbocycles. The summed E-state index contributed by atoms with van der Waals surface area (Å²) in [5, 5.41) is 4.60. The molecule has 1 aromatic heterocycles. The van der Waals surface area contributed by atoms with E-state index in [4.69, 9.17) is 0 Å². The van der Waals surface area contributed by atoms with Gasteiger partial charge in [-0.2, -0.15) is 0 Å². The summed E-state index contributed by atoms with van der Waals surface area (Å²) in [6, 6.07) is 8.49. The Morgan fingerprint density at radius 2 is 2.11 bits per heavy atom. The van der Waals surface area contributed by atoms with Gasteiger partial charge in [-0.25, -0.2) is 0 Å². The van der Waals surface area contributed by atoms with Crippen molar-refractivity contribution in [1.82, 2.24) is 15.2 Å². The first-order valence-corrected chi connectivity index (χ1v) is 7.58. The quantitative estimate of drug-likeness (QED) is 0.942. The Morgan fingerprint density at radius 1 is 1.26 bits per heavy atom. The molecular weight excluding hydrogens is 302 g/mol. The molecule has 1 saturated heterocycles. The minimum atomic E-state index is 1.05. The fraction of sp³-hybridized carbons (Fsp3) is 0.400. The molecule has 0 unspecified atom stereocenters. The van der Waals surface area contributed by atoms with E-state index in [1.54, 1.807) is 0 Å². The molecule has 1 N–H and O–H groups in total. The highest BCUT2D eigenvalue weighted by molar-refractivity contribution is 9.10. The Hall–Kier alpha value is -0.970. The van der Waals surface area contributed by atoms with Gasteiger partial charge in [-0.1, -0.05) is 12.1 Å². The van der Waals surface area contributed by atoms with Crippen molar-refractivity contribution < 1.29 is 0 Å². The van der Waals surface area contributed by atoms with Gasteiger partial charge >= 0.3 is 0 Å². The summed E-state index contributed by atoms with van der Waals surface area (Å²) in [7, 11) is 0. The number of rotatable bonds is 3. The van der Waals surface area contributed by atoms with E-state index in [2.05, 4.69) is 49.3 Å². The van der Waals surface area contributed by atoms with Crippen molar-refractivity contribution in [2.75, 3.05) is 32.7 Å². The molecule has 3 nitrogen and oxygen atoms in total. The standard InChI is InChI=1S/C15H18BrN3/c16-14-3-1-2-13-10-12(11-18-15(13)14)4-7-19-8-5-17-6-9-19/h1-3,10-11,17H,4-9H2. The predicted octanol–water partition coefficient (Wildman–Crippen LogP) is 2.45. The number of aromatic nitrogens is 1. The molecule has 100 valence electrons. The lowest BCUT2D eigenvalue weighted by Crippen LogP contribution is -2.44. The average molecular weight is 320 g/mol. The number of hydrogen-bond donors (Lipinski definition) is 1. The lowest BCUT2D eigenvalue weighted by molar-refractivity contribution is 0.244. The zero-order valence-electron chi connectivity index (χ0n) is 10.9. The van der Waals surface area contributed by atoms with E-state index >= 15 is 0 Å². The van der Waals surface area contributed by atoms with Crippen molar-refractivity contribution in [2.24, 2.45) is 0 Å². The molecule has 1 aliphatic rings. The number of nitrogens with one attached hydrogen (secondary N) is 1. The number of nitrogens with zero attached hydrogens (tertiary/aromatic N) is 2. The summed E-state index contributed by atoms with van der Waals surface area (Å²) in [6.45, 7) is 5.67. The van der Waals surface area contributed by atoms with E-state index in [1.807, 2.05) is 12.3 Å². The summed E-state index contributed by atoms with van der Waals surface area (Å²) in [5.74, 6) is 0. The van der Waals surface area contributed by atoms with Crippen LogP contribution in [0.3, 0.4) is 0 Å². The first-order chi connectivity index (χ1) is 9.33. The Balaban J connectivity index is 1.71. The van der Waals surface area contributed by atoms with E-state index < -0.39 is 0 Å². The second-order valence-electron chi connectivity index (χ2n) is 5.00. The van der Waals surface area contributed by atoms with E-state index in [0.717, 1.165) is 49.1 Å². The van der Waals surface area contributed by atoms with Crippen molar-refractivity contribution in [2.45, 2.75) is 6.42 Å². The molecule has 0 atom stereocenters. The zero-order chi connectivity index (χ0) is 13.1. The van der Waals surface area contributed by atoms with Crippen LogP contribution in [0, 0.1) is 0 Å². The van der Waals surface area contributed by atoms with E-state index in [9.17, 15) is 0 Å². The van der Waals surface area contributed by atoms with Crippen LogP contribution in [0.15, 0.2) is 34.9 Å². The Morgan fingerprint density at radius 3 is 2.95 bits per heavy atom. The lowest BCUT2D eigenvalue weighted by Gasteiger charge is -2.27. The fourth-order valence-electron chi connectivity index (χ4n) is 2.53. The van der Waals surface area contributed by atoms with Gasteiger partial charge in [-0.3, -0.25) is 4.98 Å². The van der Waals surface area contributed by atoms with Crippen molar-refractivity contribution in [1.29, 1.82) is 0 Å². The second-order valence-corrected chi connectivity index (χ2v) is 5.85. The molecule has 0 spiro atoms. The molecule has 0 amide bonds. The Labute approximate surface area is 122 Å². The van der Waals surface area contributed by atoms with Gasteiger partial charge in [-0.15, -0.1) is 0 Å². The van der Waals surface area contributed by atoms with E-state index in [0.29, 0.717) is 0 Å². The summed E-state index contributed by atoms with van der Waals surface area (Å²) in [6.07, 6.45) is 3.09. The Kier molecular flexibility index (Phi) is 4.11. The van der Waals surface area contributed by atoms with E-state index in [1.165, 1.54) is 10.9 Å². The molecule has 2 heterocycles. The molecule has 0 radical (unpaired) electrons. The molecule has 19 heavy (non-hydrogen) atoms. The van der Waals surface area contributed by atoms with Gasteiger partial charge in [0.15, 0.2) is 0 Å². The monoisotopic (exact) mass is 319 g/mol. The maximum atomic E-state index is 4.57. The van der Waals surface area contributed by atoms with Gasteiger partial charge in [-0.05, 0) is 40.0 Å². The van der Waals surface area contributed by atoms with Crippen LogP contribution in [0.1, 0.15) is 5.56 Å². The van der Waals surface area contributed by atoms with Crippen molar-refractivity contribution in [3.8, 4) is 0 Å². The third-order valence-electron chi connectivity index (χ3n) is 3.64. The molecule has 2 aromatic rings. The number of halogens is 1. The number of para-hydroxylation sites is 1. The molecular formula is C15H18BrN3. The van der Waals surface area contributed by atoms with Gasteiger partial charge in [0.2, 0.25) is 0 Å². The molecule has 1 aromatic carbocycles. The molecule has 1 aliphatic heterocycles. The van der Waals surface area contributed by atoms with Gasteiger partial charge in [0.1, 0.15) is 0 Å². The number of pyridine rings is 1. The summed E-state index contributed by atoms with van der Waals surface area (Å²) in [4.78, 5) is 7.08. The SMILES string of the molecule is Brc1cccc2cc(CCN3CCNCC3)cnc12. The third-order valence-corrected chi connectivity index (χ3v) is 4.28. The largest absolute Gasteiger partial charge is 0.314 e. The van der Waals surface area contributed by atoms with Crippen LogP contribution in [-0.2, 0) is 6.42 Å². The number of piperazine rings is 1. The molecule has 0 bridgehead atoms. The topological polar surface area (TPSA) is 28.2 Å². The predicted molar refractivity (Wildman–Crippen MR) is 82.5 cm³/mol. The van der Waals surface area contributed by atoms with Crippen molar-refractivity contribution in [3.05, 3.63) is 40.5 Å². The van der Waals surface area contributed by atoms with E-state index in [-0.39, 0.29) is 0 Å². The molecule has 1 fully saturated rings. The first-order valence-electron chi connectivity index (χ1n) is 6.79. The highest BCUT2D eigenvalue weighted by Gasteiger charge is 2.09. The van der Waals surface area contributed by atoms with Crippen LogP contribution < -0.4 is 5.32 Å². The maximum absolute atomic E-state index is 4.57. The summed E-state index contributed by atoms with van der Waals surface area (Å²) >= 11 is 3.55. The van der Waals surface area contributed by atoms with Crippen LogP contribution in [0.5, 0.6) is 0 Å². The first kappa shape index (κ1) is 13.0. The second kappa shape index (κ2) is 5.99. The van der Waals surface area contributed by atoms with Crippen molar-refractivity contribution in [3.63, 3.8) is 0 Å². The highest BCUT2D eigenvalue weighted by Crippen LogP contribution is 2.22. The number of fused-ring (bicyclic) bond motifs is 1. The summed E-state index contributed by atoms with van der Waals surface area (Å²) < 4.78 is 1.07. The number of hydrogen-bond acceptors (Lipinski definition) is 3. The van der Waals surface area contributed by atoms with Crippen LogP contribution >= 0.6 is 15.9 Å². The minimum absolute atomic E-state index is 1.05. The van der Waals surface area contributed by atoms with Gasteiger partial charge in [0, 0.05) is 48.8 Å². The molecule has 4 heteroatoms. The average Bonchev–Trinajstić information content (AvgIpc) is 2.46. The van der Waals surface area contributed by atoms with Crippen LogP contribution in [-0.4, -0.2) is 42.6 Å². The van der Waals surface area contributed by atoms with Gasteiger partial charge in [0.25, 0.3) is 0 Å². The van der Waals surface area contributed by atoms with Gasteiger partial charge < -0.3 is 10.2 Å². The maximum Gasteiger partial charge on any atom is 0.0844 e. The smallest absolute Gasteiger partial charge is 0.0844 e. The lowest BCUT2D eigenvalue weighted by atomic mass is 10.1. The zero-order valence-corrected chi connectivity index (χ0v) is 12.5.